The molecule has 2 saturated heterocycles. The molecule has 0 aromatic heterocycles. The second-order valence-electron chi connectivity index (χ2n) is 8.74. The van der Waals surface area contributed by atoms with Crippen molar-refractivity contribution in [3.8, 4) is 0 Å². The maximum atomic E-state index is 12.7. The zero-order valence-electron chi connectivity index (χ0n) is 18.9. The molecular weight excluding hydrogens is 452 g/mol. The lowest BCUT2D eigenvalue weighted by Crippen LogP contribution is -2.39. The van der Waals surface area contributed by atoms with E-state index in [0.717, 1.165) is 0 Å². The fourth-order valence-corrected chi connectivity index (χ4v) is 5.18. The van der Waals surface area contributed by atoms with Crippen LogP contribution in [0.1, 0.15) is 58.8 Å². The van der Waals surface area contributed by atoms with Crippen molar-refractivity contribution in [2.24, 2.45) is 11.8 Å². The van der Waals surface area contributed by atoms with Gasteiger partial charge in [0.1, 0.15) is 6.10 Å². The van der Waals surface area contributed by atoms with Gasteiger partial charge in [0.05, 0.1) is 17.8 Å². The molecule has 10 nitrogen and oxygen atoms in total. The van der Waals surface area contributed by atoms with Gasteiger partial charge in [-0.1, -0.05) is 0 Å². The summed E-state index contributed by atoms with van der Waals surface area (Å²) < 4.78 is 5.40. The minimum absolute atomic E-state index is 0.0561. The van der Waals surface area contributed by atoms with Gasteiger partial charge in [-0.2, -0.15) is 0 Å². The molecule has 182 valence electrons. The number of hydrogen-bond donors (Lipinski definition) is 0. The molecule has 1 saturated carbocycles. The number of Topliss-reactive ketones (excluding diaryl/α,β-unsaturated/α-hetero) is 1. The molecule has 33 heavy (non-hydrogen) atoms. The van der Waals surface area contributed by atoms with Crippen molar-refractivity contribution in [1.82, 2.24) is 9.96 Å². The number of hydrogen-bond acceptors (Lipinski definition) is 9. The van der Waals surface area contributed by atoms with Crippen LogP contribution in [-0.4, -0.2) is 75.6 Å². The average Bonchev–Trinajstić information content (AvgIpc) is 3.24. The summed E-state index contributed by atoms with van der Waals surface area (Å²) in [5.41, 5.74) is 0. The molecule has 0 spiro atoms. The van der Waals surface area contributed by atoms with E-state index >= 15 is 0 Å². The first kappa shape index (κ1) is 25.4. The zero-order valence-corrected chi connectivity index (χ0v) is 19.8. The van der Waals surface area contributed by atoms with Crippen molar-refractivity contribution in [3.05, 3.63) is 0 Å². The van der Waals surface area contributed by atoms with Crippen LogP contribution in [0.15, 0.2) is 0 Å². The molecule has 1 unspecified atom stereocenters. The lowest BCUT2D eigenvalue weighted by atomic mass is 9.82. The van der Waals surface area contributed by atoms with E-state index < -0.39 is 35.1 Å². The van der Waals surface area contributed by atoms with Crippen LogP contribution in [0.5, 0.6) is 0 Å². The van der Waals surface area contributed by atoms with Gasteiger partial charge in [-0.3, -0.25) is 28.9 Å². The highest BCUT2D eigenvalue weighted by molar-refractivity contribution is 8.00. The molecule has 2 aliphatic heterocycles. The van der Waals surface area contributed by atoms with E-state index in [9.17, 15) is 28.8 Å². The molecule has 4 amide bonds. The Kier molecular flexibility index (Phi) is 8.63. The fraction of sp³-hybridized carbons (Fsp3) is 0.727. The summed E-state index contributed by atoms with van der Waals surface area (Å²) in [5.74, 6) is -1.82. The summed E-state index contributed by atoms with van der Waals surface area (Å²) in [7, 11) is 0. The summed E-state index contributed by atoms with van der Waals surface area (Å²) in [4.78, 5) is 78.2. The summed E-state index contributed by atoms with van der Waals surface area (Å²) in [6.07, 6.45) is 2.11. The Morgan fingerprint density at radius 1 is 1.03 bits per heavy atom. The van der Waals surface area contributed by atoms with Crippen molar-refractivity contribution < 1.29 is 38.3 Å². The lowest BCUT2D eigenvalue weighted by Gasteiger charge is -2.30. The van der Waals surface area contributed by atoms with Gasteiger partial charge in [0, 0.05) is 31.6 Å². The van der Waals surface area contributed by atoms with Gasteiger partial charge >= 0.3 is 5.97 Å². The molecule has 3 aliphatic rings. The largest absolute Gasteiger partial charge is 0.370 e. The number of ether oxygens (including phenoxy) is 1. The van der Waals surface area contributed by atoms with Crippen molar-refractivity contribution in [2.45, 2.75) is 70.1 Å². The fourth-order valence-electron chi connectivity index (χ4n) is 4.17. The van der Waals surface area contributed by atoms with Crippen LogP contribution in [0.2, 0.25) is 0 Å². The SMILES string of the molecule is CC(=O)[C@H](C)OCCSC1CC(=O)N(CC2CCC(C(=O)ON3C(=O)CCC3=O)CC2)C1=O. The van der Waals surface area contributed by atoms with Gasteiger partial charge in [0.15, 0.2) is 5.78 Å². The van der Waals surface area contributed by atoms with Crippen molar-refractivity contribution in [2.75, 3.05) is 18.9 Å². The van der Waals surface area contributed by atoms with E-state index in [1.165, 1.54) is 23.6 Å². The molecule has 0 aromatic carbocycles. The maximum Gasteiger partial charge on any atom is 0.336 e. The van der Waals surface area contributed by atoms with Crippen LogP contribution >= 0.6 is 11.8 Å². The van der Waals surface area contributed by atoms with Gasteiger partial charge in [-0.05, 0) is 45.4 Å². The Hall–Kier alpha value is -2.27. The molecule has 11 heteroatoms. The first-order chi connectivity index (χ1) is 15.7. The van der Waals surface area contributed by atoms with Gasteiger partial charge in [-0.25, -0.2) is 4.79 Å². The predicted octanol–water partition coefficient (Wildman–Crippen LogP) is 1.25. The van der Waals surface area contributed by atoms with E-state index in [2.05, 4.69) is 0 Å². The Bertz CT molecular complexity index is 807. The number of amides is 4. The number of imide groups is 2. The second kappa shape index (κ2) is 11.2. The van der Waals surface area contributed by atoms with Gasteiger partial charge in [0.2, 0.25) is 11.8 Å². The third kappa shape index (κ3) is 6.41. The highest BCUT2D eigenvalue weighted by Gasteiger charge is 2.41. The Labute approximate surface area is 196 Å². The average molecular weight is 483 g/mol. The normalized spacial score (nSPS) is 26.8. The van der Waals surface area contributed by atoms with Crippen molar-refractivity contribution in [1.29, 1.82) is 0 Å². The zero-order chi connectivity index (χ0) is 24.1. The van der Waals surface area contributed by atoms with Crippen LogP contribution in [-0.2, 0) is 38.3 Å². The summed E-state index contributed by atoms with van der Waals surface area (Å²) in [6.45, 7) is 3.80. The highest BCUT2D eigenvalue weighted by Crippen LogP contribution is 2.33. The lowest BCUT2D eigenvalue weighted by molar-refractivity contribution is -0.201. The second-order valence-corrected chi connectivity index (χ2v) is 10.1. The van der Waals surface area contributed by atoms with E-state index in [0.29, 0.717) is 49.7 Å². The van der Waals surface area contributed by atoms with Gasteiger partial charge in [-0.15, -0.1) is 16.8 Å². The maximum absolute atomic E-state index is 12.7. The number of rotatable bonds is 10. The Morgan fingerprint density at radius 2 is 1.67 bits per heavy atom. The summed E-state index contributed by atoms with van der Waals surface area (Å²) in [6, 6.07) is 0. The van der Waals surface area contributed by atoms with Crippen LogP contribution in [0.4, 0.5) is 0 Å². The Balaban J connectivity index is 1.40. The number of thioether (sulfide) groups is 1. The predicted molar refractivity (Wildman–Crippen MR) is 116 cm³/mol. The molecule has 3 rings (SSSR count). The summed E-state index contributed by atoms with van der Waals surface area (Å²) in [5, 5.41) is 0.134. The molecule has 0 N–H and O–H groups in total. The van der Waals surface area contributed by atoms with E-state index in [1.807, 2.05) is 0 Å². The Morgan fingerprint density at radius 3 is 2.27 bits per heavy atom. The minimum atomic E-state index is -0.580. The number of likely N-dealkylation sites (tertiary alicyclic amines) is 1. The van der Waals surface area contributed by atoms with E-state index in [1.54, 1.807) is 6.92 Å². The third-order valence-electron chi connectivity index (χ3n) is 6.35. The van der Waals surface area contributed by atoms with E-state index in [4.69, 9.17) is 9.57 Å². The van der Waals surface area contributed by atoms with Crippen molar-refractivity contribution in [3.63, 3.8) is 0 Å². The molecule has 3 fully saturated rings. The smallest absolute Gasteiger partial charge is 0.336 e. The van der Waals surface area contributed by atoms with Crippen LogP contribution in [0.3, 0.4) is 0 Å². The molecule has 2 heterocycles. The quantitative estimate of drug-likeness (QED) is 0.334. The molecule has 0 bridgehead atoms. The number of ketones is 1. The van der Waals surface area contributed by atoms with Crippen LogP contribution < -0.4 is 0 Å². The molecule has 0 aromatic rings. The molecule has 2 atom stereocenters. The first-order valence-electron chi connectivity index (χ1n) is 11.3. The van der Waals surface area contributed by atoms with Gasteiger partial charge < -0.3 is 9.57 Å². The standard InChI is InChI=1S/C22H30N2O8S/c1-13(25)14(2)31-9-10-33-17-11-20(28)23(21(17)29)12-15-3-5-16(6-4-15)22(30)32-24-18(26)7-8-19(24)27/h14-17H,3-12H2,1-2H3/t14-,15?,16?,17?/m0/s1. The monoisotopic (exact) mass is 482 g/mol. The molecule has 1 aliphatic carbocycles. The number of carbonyl (C=O) groups is 6. The van der Waals surface area contributed by atoms with Crippen molar-refractivity contribution >= 4 is 47.1 Å². The summed E-state index contributed by atoms with van der Waals surface area (Å²) >= 11 is 1.37. The van der Waals surface area contributed by atoms with Crippen LogP contribution in [0.25, 0.3) is 0 Å². The number of carbonyl (C=O) groups excluding carboxylic acids is 6. The third-order valence-corrected chi connectivity index (χ3v) is 7.53. The molecular formula is C22H30N2O8S. The van der Waals surface area contributed by atoms with E-state index in [-0.39, 0.29) is 42.8 Å². The number of nitrogens with zero attached hydrogens (tertiary/aromatic N) is 2. The minimum Gasteiger partial charge on any atom is -0.370 e. The van der Waals surface area contributed by atoms with Crippen LogP contribution in [0, 0.1) is 11.8 Å². The number of hydroxylamine groups is 2. The van der Waals surface area contributed by atoms with Gasteiger partial charge in [0.25, 0.3) is 11.8 Å². The topological polar surface area (TPSA) is 127 Å². The first-order valence-corrected chi connectivity index (χ1v) is 12.4. The molecule has 0 radical (unpaired) electrons. The highest BCUT2D eigenvalue weighted by atomic mass is 32.2.